The molecule has 4 fully saturated rings. The molecule has 0 radical (unpaired) electrons. The van der Waals surface area contributed by atoms with Crippen molar-refractivity contribution in [2.45, 2.75) is 107 Å². The summed E-state index contributed by atoms with van der Waals surface area (Å²) >= 11 is 0. The average molecular weight is 626 g/mol. The summed E-state index contributed by atoms with van der Waals surface area (Å²) in [6, 6.07) is 7.49. The third kappa shape index (κ3) is 4.72. The van der Waals surface area contributed by atoms with Gasteiger partial charge in [-0.25, -0.2) is 0 Å². The van der Waals surface area contributed by atoms with Gasteiger partial charge in [0.15, 0.2) is 5.79 Å². The maximum Gasteiger partial charge on any atom is 0.456 e. The van der Waals surface area contributed by atoms with E-state index in [9.17, 15) is 23.4 Å². The Kier molecular flexibility index (Phi) is 7.53. The molecule has 1 aromatic rings. The molecule has 6 atom stereocenters. The minimum atomic E-state index is -5.88. The molecule has 1 aromatic carbocycles. The lowest BCUT2D eigenvalue weighted by molar-refractivity contribution is -0.362. The van der Waals surface area contributed by atoms with Crippen molar-refractivity contribution in [1.82, 2.24) is 0 Å². The first-order valence-electron chi connectivity index (χ1n) is 15.8. The van der Waals surface area contributed by atoms with Crippen LogP contribution in [-0.2, 0) is 9.47 Å². The number of halogens is 5. The van der Waals surface area contributed by atoms with E-state index in [2.05, 4.69) is 13.8 Å². The minimum Gasteiger partial charge on any atom is -0.385 e. The van der Waals surface area contributed by atoms with Crippen LogP contribution in [0, 0.1) is 22.7 Å². The number of hydrogen-bond acceptors (Lipinski definition) is 5. The lowest BCUT2D eigenvalue weighted by atomic mass is 9.49. The molecule has 0 bridgehead atoms. The number of allylic oxidation sites excluding steroid dienone is 1. The first kappa shape index (κ1) is 32.1. The molecule has 1 spiro atoms. The van der Waals surface area contributed by atoms with E-state index in [1.807, 2.05) is 30.3 Å². The molecule has 5 nitrogen and oxygen atoms in total. The highest BCUT2D eigenvalue weighted by Crippen LogP contribution is 2.71. The summed E-state index contributed by atoms with van der Waals surface area (Å²) in [4.78, 5) is 0. The van der Waals surface area contributed by atoms with Crippen LogP contribution in [0.1, 0.15) is 89.2 Å². The Bertz CT molecular complexity index is 1330. The van der Waals surface area contributed by atoms with Gasteiger partial charge in [-0.1, -0.05) is 62.8 Å². The lowest BCUT2D eigenvalue weighted by Gasteiger charge is -2.59. The summed E-state index contributed by atoms with van der Waals surface area (Å²) in [5, 5.41) is 23.8. The van der Waals surface area contributed by atoms with Gasteiger partial charge in [-0.05, 0) is 67.1 Å². The summed E-state index contributed by atoms with van der Waals surface area (Å²) in [5.74, 6) is -7.67. The molecule has 4 aliphatic carbocycles. The van der Waals surface area contributed by atoms with Gasteiger partial charge >= 0.3 is 12.1 Å². The Balaban J connectivity index is 1.45. The number of nitrogens with two attached hydrogens (primary N) is 1. The van der Waals surface area contributed by atoms with Gasteiger partial charge in [-0.15, -0.1) is 0 Å². The quantitative estimate of drug-likeness (QED) is 0.251. The topological polar surface area (TPSA) is 84.9 Å². The second-order valence-corrected chi connectivity index (χ2v) is 15.0. The van der Waals surface area contributed by atoms with Crippen molar-refractivity contribution in [3.63, 3.8) is 0 Å². The second kappa shape index (κ2) is 10.3. The summed E-state index contributed by atoms with van der Waals surface area (Å²) in [6.45, 7) is 6.90. The van der Waals surface area contributed by atoms with Crippen molar-refractivity contribution in [2.75, 3.05) is 19.8 Å². The summed E-state index contributed by atoms with van der Waals surface area (Å²) in [7, 11) is 0. The van der Waals surface area contributed by atoms with Crippen molar-refractivity contribution >= 4 is 6.08 Å². The van der Waals surface area contributed by atoms with Gasteiger partial charge in [-0.2, -0.15) is 22.0 Å². The SMILES string of the molecule is CC1(C)COC2(CCC3=C4C(CCC3(O)C2)C2CCC(O)(C(F)(F)C(F)(F)F)[C@@]2(C)C[C@@H]4c2ccc(/C=C/CN)cc2)OC1. The molecule has 1 aliphatic heterocycles. The number of rotatable bonds is 4. The highest BCUT2D eigenvalue weighted by Gasteiger charge is 2.79. The lowest BCUT2D eigenvalue weighted by Crippen LogP contribution is -2.65. The van der Waals surface area contributed by atoms with Crippen molar-refractivity contribution < 1.29 is 41.6 Å². The van der Waals surface area contributed by atoms with Gasteiger partial charge in [0.2, 0.25) is 0 Å². The molecule has 44 heavy (non-hydrogen) atoms. The highest BCUT2D eigenvalue weighted by molar-refractivity contribution is 5.52. The number of hydrogen-bond donors (Lipinski definition) is 3. The molecule has 4 unspecified atom stereocenters. The van der Waals surface area contributed by atoms with Crippen LogP contribution in [0.4, 0.5) is 22.0 Å². The molecule has 4 N–H and O–H groups in total. The molecule has 1 saturated heterocycles. The standard InChI is InChI=1S/C34H44F5NO4/c1-28(2)19-43-31(44-20-28)14-11-26-27-23(10-13-30(26,41)18-31)25-12-15-32(42,33(35,36)34(37,38)39)29(25,3)17-24(27)22-8-6-21(7-9-22)5-4-16-40/h4-9,23-25,41-42H,10-20,40H2,1-3H3/b5-4+/t23?,24-,25?,29+,30?,32?/m1/s1. The number of ether oxygens (including phenoxy) is 2. The van der Waals surface area contributed by atoms with Gasteiger partial charge in [0.05, 0.1) is 18.8 Å². The molecule has 3 saturated carbocycles. The average Bonchev–Trinajstić information content (AvgIpc) is 3.24. The molecule has 10 heteroatoms. The van der Waals surface area contributed by atoms with Crippen LogP contribution in [0.25, 0.3) is 6.08 Å². The van der Waals surface area contributed by atoms with E-state index >= 15 is 8.78 Å². The van der Waals surface area contributed by atoms with Crippen LogP contribution < -0.4 is 5.73 Å². The first-order valence-corrected chi connectivity index (χ1v) is 15.8. The number of aliphatic hydroxyl groups is 2. The fourth-order valence-electron chi connectivity index (χ4n) is 9.35. The first-order chi connectivity index (χ1) is 20.4. The van der Waals surface area contributed by atoms with Crippen molar-refractivity contribution in [2.24, 2.45) is 28.4 Å². The van der Waals surface area contributed by atoms with Crippen molar-refractivity contribution in [3.8, 4) is 0 Å². The van der Waals surface area contributed by atoms with E-state index < -0.39 is 52.8 Å². The highest BCUT2D eigenvalue weighted by atomic mass is 19.4. The van der Waals surface area contributed by atoms with Gasteiger partial charge in [0, 0.05) is 36.1 Å². The predicted octanol–water partition coefficient (Wildman–Crippen LogP) is 6.88. The Morgan fingerprint density at radius 3 is 2.23 bits per heavy atom. The van der Waals surface area contributed by atoms with Gasteiger partial charge in [-0.3, -0.25) is 0 Å². The maximum atomic E-state index is 15.3. The van der Waals surface area contributed by atoms with Crippen molar-refractivity contribution in [1.29, 1.82) is 0 Å². The third-order valence-electron chi connectivity index (χ3n) is 11.7. The molecule has 0 aromatic heterocycles. The molecule has 6 rings (SSSR count). The van der Waals surface area contributed by atoms with E-state index in [1.54, 1.807) is 6.08 Å². The van der Waals surface area contributed by atoms with Gasteiger partial charge in [0.1, 0.15) is 5.60 Å². The Labute approximate surface area is 255 Å². The largest absolute Gasteiger partial charge is 0.456 e. The van der Waals surface area contributed by atoms with E-state index in [4.69, 9.17) is 15.2 Å². The minimum absolute atomic E-state index is 0.0549. The van der Waals surface area contributed by atoms with Crippen LogP contribution in [-0.4, -0.2) is 59.1 Å². The molecule has 1 heterocycles. The normalized spacial score (nSPS) is 38.5. The molecule has 0 amide bonds. The molecule has 5 aliphatic rings. The van der Waals surface area contributed by atoms with E-state index in [0.717, 1.165) is 22.3 Å². The third-order valence-corrected chi connectivity index (χ3v) is 11.7. The number of alkyl halides is 5. The zero-order chi connectivity index (χ0) is 32.0. The van der Waals surface area contributed by atoms with Crippen molar-refractivity contribution in [3.05, 3.63) is 52.6 Å². The zero-order valence-electron chi connectivity index (χ0n) is 25.7. The van der Waals surface area contributed by atoms with E-state index in [0.29, 0.717) is 45.4 Å². The smallest absolute Gasteiger partial charge is 0.385 e. The second-order valence-electron chi connectivity index (χ2n) is 15.0. The van der Waals surface area contributed by atoms with Gasteiger partial charge in [0.25, 0.3) is 0 Å². The Morgan fingerprint density at radius 1 is 0.955 bits per heavy atom. The summed E-state index contributed by atoms with van der Waals surface area (Å²) < 4.78 is 84.7. The summed E-state index contributed by atoms with van der Waals surface area (Å²) in [6.07, 6.45) is -0.919. The van der Waals surface area contributed by atoms with Crippen LogP contribution in [0.3, 0.4) is 0 Å². The number of fused-ring (bicyclic) bond motifs is 4. The number of benzene rings is 1. The predicted molar refractivity (Wildman–Crippen MR) is 156 cm³/mol. The molecular formula is C34H44F5NO4. The van der Waals surface area contributed by atoms with Crippen LogP contribution in [0.15, 0.2) is 41.5 Å². The fourth-order valence-corrected chi connectivity index (χ4v) is 9.35. The van der Waals surface area contributed by atoms with E-state index in [1.165, 1.54) is 6.92 Å². The Hall–Kier alpha value is -1.85. The Morgan fingerprint density at radius 2 is 1.61 bits per heavy atom. The van der Waals surface area contributed by atoms with Crippen LogP contribution in [0.2, 0.25) is 0 Å². The van der Waals surface area contributed by atoms with Crippen LogP contribution >= 0.6 is 0 Å². The fraction of sp³-hybridized carbons (Fsp3) is 0.706. The molecule has 244 valence electrons. The molecular weight excluding hydrogens is 581 g/mol. The zero-order valence-corrected chi connectivity index (χ0v) is 25.7. The van der Waals surface area contributed by atoms with Gasteiger partial charge < -0.3 is 25.4 Å². The monoisotopic (exact) mass is 625 g/mol. The van der Waals surface area contributed by atoms with E-state index in [-0.39, 0.29) is 30.6 Å². The van der Waals surface area contributed by atoms with Crippen LogP contribution in [0.5, 0.6) is 0 Å². The summed E-state index contributed by atoms with van der Waals surface area (Å²) in [5.41, 5.74) is 2.67. The maximum absolute atomic E-state index is 15.3.